The second-order valence-electron chi connectivity index (χ2n) is 8.83. The fourth-order valence-electron chi connectivity index (χ4n) is 4.57. The minimum absolute atomic E-state index is 0.0214. The molecule has 2 aliphatic heterocycles. The van der Waals surface area contributed by atoms with Crippen molar-refractivity contribution >= 4 is 27.7 Å². The Kier molecular flexibility index (Phi) is 8.93. The van der Waals surface area contributed by atoms with E-state index < -0.39 is 0 Å². The summed E-state index contributed by atoms with van der Waals surface area (Å²) in [5.74, 6) is 0.295. The monoisotopic (exact) mass is 510 g/mol. The van der Waals surface area contributed by atoms with Gasteiger partial charge < -0.3 is 10.0 Å². The van der Waals surface area contributed by atoms with Crippen LogP contribution in [0.1, 0.15) is 25.3 Å². The summed E-state index contributed by atoms with van der Waals surface area (Å²) in [4.78, 5) is 36.6. The Hall–Kier alpha value is -1.68. The number of carbonyl (C=O) groups is 2. The van der Waals surface area contributed by atoms with Crippen molar-refractivity contribution in [2.24, 2.45) is 5.92 Å². The highest BCUT2D eigenvalue weighted by molar-refractivity contribution is 9.10. The molecule has 2 saturated heterocycles. The molecule has 3 rings (SSSR count). The molecule has 0 aliphatic carbocycles. The average molecular weight is 511 g/mol. The van der Waals surface area contributed by atoms with Gasteiger partial charge in [-0.3, -0.25) is 24.2 Å². The van der Waals surface area contributed by atoms with Crippen LogP contribution in [0.15, 0.2) is 22.7 Å². The molecule has 1 atom stereocenters. The van der Waals surface area contributed by atoms with E-state index in [1.807, 2.05) is 24.0 Å². The van der Waals surface area contributed by atoms with Gasteiger partial charge in [-0.15, -0.1) is 0 Å². The molecule has 1 N–H and O–H groups in total. The van der Waals surface area contributed by atoms with Crippen molar-refractivity contribution in [3.8, 4) is 5.75 Å². The third-order valence-corrected chi connectivity index (χ3v) is 7.29. The first-order chi connectivity index (χ1) is 15.3. The van der Waals surface area contributed by atoms with Gasteiger partial charge in [0.25, 0.3) is 5.91 Å². The summed E-state index contributed by atoms with van der Waals surface area (Å²) in [6, 6.07) is 5.93. The maximum atomic E-state index is 13.0. The van der Waals surface area contributed by atoms with Gasteiger partial charge in [-0.25, -0.2) is 5.06 Å². The standard InChI is InChI=1S/C23H35BrN4O4/c1-17(14-18-4-5-21(29)20(24)15-18)23(31)28-12-10-27(11-13-28)19-6-8-26(9-7-19)16-22(30)25(2)32-3/h4-5,15,17,19,29H,6-14,16H2,1-3H3/t17-/m1/s1. The number of phenolic OH excluding ortho intramolecular Hbond substituents is 1. The van der Waals surface area contributed by atoms with Crippen molar-refractivity contribution < 1.29 is 19.5 Å². The number of carbonyl (C=O) groups excluding carboxylic acids is 2. The van der Waals surface area contributed by atoms with Crippen LogP contribution in [0.3, 0.4) is 0 Å². The highest BCUT2D eigenvalue weighted by atomic mass is 79.9. The van der Waals surface area contributed by atoms with E-state index in [9.17, 15) is 14.7 Å². The topological polar surface area (TPSA) is 76.6 Å². The predicted octanol–water partition coefficient (Wildman–Crippen LogP) is 1.96. The number of rotatable bonds is 7. The van der Waals surface area contributed by atoms with Crippen LogP contribution in [-0.4, -0.2) is 103 Å². The fourth-order valence-corrected chi connectivity index (χ4v) is 5.00. The first kappa shape index (κ1) is 25.0. The van der Waals surface area contributed by atoms with Crippen molar-refractivity contribution in [3.05, 3.63) is 28.2 Å². The van der Waals surface area contributed by atoms with E-state index in [1.165, 1.54) is 12.2 Å². The van der Waals surface area contributed by atoms with Gasteiger partial charge in [-0.2, -0.15) is 0 Å². The maximum Gasteiger partial charge on any atom is 0.259 e. The van der Waals surface area contributed by atoms with E-state index in [2.05, 4.69) is 25.7 Å². The van der Waals surface area contributed by atoms with Gasteiger partial charge in [0, 0.05) is 58.3 Å². The van der Waals surface area contributed by atoms with Gasteiger partial charge in [0.15, 0.2) is 0 Å². The third kappa shape index (κ3) is 6.43. The molecule has 8 nitrogen and oxygen atoms in total. The Morgan fingerprint density at radius 2 is 1.84 bits per heavy atom. The molecule has 2 amide bonds. The van der Waals surface area contributed by atoms with Gasteiger partial charge in [0.05, 0.1) is 18.1 Å². The van der Waals surface area contributed by atoms with E-state index in [-0.39, 0.29) is 23.5 Å². The summed E-state index contributed by atoms with van der Waals surface area (Å²) >= 11 is 3.34. The second-order valence-corrected chi connectivity index (χ2v) is 9.69. The molecule has 2 fully saturated rings. The van der Waals surface area contributed by atoms with Crippen LogP contribution in [0.5, 0.6) is 5.75 Å². The molecular weight excluding hydrogens is 476 g/mol. The summed E-state index contributed by atoms with van der Waals surface area (Å²) in [6.45, 7) is 7.53. The van der Waals surface area contributed by atoms with Gasteiger partial charge >= 0.3 is 0 Å². The van der Waals surface area contributed by atoms with Crippen LogP contribution in [-0.2, 0) is 20.8 Å². The number of halogens is 1. The van der Waals surface area contributed by atoms with E-state index in [0.717, 1.165) is 57.7 Å². The molecule has 32 heavy (non-hydrogen) atoms. The zero-order valence-corrected chi connectivity index (χ0v) is 20.9. The molecule has 1 aromatic rings. The Labute approximate surface area is 199 Å². The van der Waals surface area contributed by atoms with Crippen LogP contribution in [0.2, 0.25) is 0 Å². The molecule has 0 bridgehead atoms. The van der Waals surface area contributed by atoms with E-state index >= 15 is 0 Å². The SMILES string of the molecule is CON(C)C(=O)CN1CCC(N2CCN(C(=O)[C@H](C)Cc3ccc(O)c(Br)c3)CC2)CC1. The first-order valence-electron chi connectivity index (χ1n) is 11.3. The minimum Gasteiger partial charge on any atom is -0.507 e. The highest BCUT2D eigenvalue weighted by Crippen LogP contribution is 2.26. The second kappa shape index (κ2) is 11.4. The Bertz CT molecular complexity index is 792. The lowest BCUT2D eigenvalue weighted by molar-refractivity contribution is -0.170. The normalized spacial score (nSPS) is 19.7. The van der Waals surface area contributed by atoms with Gasteiger partial charge in [-0.05, 0) is 52.9 Å². The van der Waals surface area contributed by atoms with Gasteiger partial charge in [-0.1, -0.05) is 13.0 Å². The Morgan fingerprint density at radius 3 is 2.44 bits per heavy atom. The highest BCUT2D eigenvalue weighted by Gasteiger charge is 2.31. The van der Waals surface area contributed by atoms with Crippen molar-refractivity contribution in [1.82, 2.24) is 19.8 Å². The average Bonchev–Trinajstić information content (AvgIpc) is 2.81. The van der Waals surface area contributed by atoms with E-state index in [0.29, 0.717) is 23.5 Å². The Morgan fingerprint density at radius 1 is 1.19 bits per heavy atom. The van der Waals surface area contributed by atoms with Crippen LogP contribution >= 0.6 is 15.9 Å². The first-order valence-corrected chi connectivity index (χ1v) is 12.1. The number of piperidine rings is 1. The zero-order chi connectivity index (χ0) is 23.3. The summed E-state index contributed by atoms with van der Waals surface area (Å²) in [7, 11) is 3.14. The van der Waals surface area contributed by atoms with Crippen LogP contribution in [0.4, 0.5) is 0 Å². The summed E-state index contributed by atoms with van der Waals surface area (Å²) in [5, 5.41) is 10.9. The van der Waals surface area contributed by atoms with Crippen LogP contribution in [0.25, 0.3) is 0 Å². The number of likely N-dealkylation sites (tertiary alicyclic amines) is 1. The number of aromatic hydroxyl groups is 1. The number of piperazine rings is 1. The molecule has 0 unspecified atom stereocenters. The molecule has 0 spiro atoms. The number of hydrogen-bond acceptors (Lipinski definition) is 6. The molecule has 9 heteroatoms. The number of benzene rings is 1. The molecule has 0 radical (unpaired) electrons. The lowest BCUT2D eigenvalue weighted by atomic mass is 9.98. The number of phenols is 1. The number of hydrogen-bond donors (Lipinski definition) is 1. The molecule has 2 aliphatic rings. The number of nitrogens with zero attached hydrogens (tertiary/aromatic N) is 4. The molecule has 2 heterocycles. The molecule has 1 aromatic carbocycles. The number of amides is 2. The van der Waals surface area contributed by atoms with Crippen molar-refractivity contribution in [2.45, 2.75) is 32.2 Å². The molecule has 0 aromatic heterocycles. The molecule has 0 saturated carbocycles. The van der Waals surface area contributed by atoms with Crippen LogP contribution < -0.4 is 0 Å². The fraction of sp³-hybridized carbons (Fsp3) is 0.652. The summed E-state index contributed by atoms with van der Waals surface area (Å²) in [6.07, 6.45) is 2.75. The van der Waals surface area contributed by atoms with Crippen molar-refractivity contribution in [2.75, 3.05) is 60.0 Å². The van der Waals surface area contributed by atoms with Crippen molar-refractivity contribution in [3.63, 3.8) is 0 Å². The summed E-state index contributed by atoms with van der Waals surface area (Å²) in [5.41, 5.74) is 1.04. The zero-order valence-electron chi connectivity index (χ0n) is 19.3. The minimum atomic E-state index is -0.0935. The Balaban J connectivity index is 1.41. The molecule has 178 valence electrons. The van der Waals surface area contributed by atoms with Gasteiger partial charge in [0.1, 0.15) is 5.75 Å². The predicted molar refractivity (Wildman–Crippen MR) is 126 cm³/mol. The lowest BCUT2D eigenvalue weighted by Gasteiger charge is -2.43. The third-order valence-electron chi connectivity index (χ3n) is 6.66. The van der Waals surface area contributed by atoms with Crippen molar-refractivity contribution in [1.29, 1.82) is 0 Å². The van der Waals surface area contributed by atoms with Crippen LogP contribution in [0, 0.1) is 5.92 Å². The molecular formula is C23H35BrN4O4. The lowest BCUT2D eigenvalue weighted by Crippen LogP contribution is -2.55. The van der Waals surface area contributed by atoms with Gasteiger partial charge in [0.2, 0.25) is 5.91 Å². The van der Waals surface area contributed by atoms with E-state index in [1.54, 1.807) is 13.1 Å². The summed E-state index contributed by atoms with van der Waals surface area (Å²) < 4.78 is 0.657. The number of likely N-dealkylation sites (N-methyl/N-ethyl adjacent to an activating group) is 1. The maximum absolute atomic E-state index is 13.0. The largest absolute Gasteiger partial charge is 0.507 e. The smallest absolute Gasteiger partial charge is 0.259 e. The number of hydroxylamine groups is 2. The van der Waals surface area contributed by atoms with E-state index in [4.69, 9.17) is 4.84 Å². The quantitative estimate of drug-likeness (QED) is 0.565.